The number of halogens is 1. The highest BCUT2D eigenvalue weighted by atomic mass is 35.5. The molecule has 12 heavy (non-hydrogen) atoms. The molecular formula is C7H5ClO3S. The highest BCUT2D eigenvalue weighted by Crippen LogP contribution is 2.13. The number of rotatable bonds is 1. The SMILES string of the molecule is O=C(Cl)S(=O)(=O)c1ccccc1. The van der Waals surface area contributed by atoms with E-state index < -0.39 is 14.4 Å². The molecule has 0 fully saturated rings. The lowest BCUT2D eigenvalue weighted by atomic mass is 10.4. The second-order valence-electron chi connectivity index (χ2n) is 2.05. The summed E-state index contributed by atoms with van der Waals surface area (Å²) in [6, 6.07) is 7.32. The molecule has 0 bridgehead atoms. The van der Waals surface area contributed by atoms with Crippen molar-refractivity contribution >= 4 is 26.0 Å². The molecule has 0 saturated carbocycles. The van der Waals surface area contributed by atoms with E-state index in [0.717, 1.165) is 0 Å². The van der Waals surface area contributed by atoms with Crippen molar-refractivity contribution in [1.82, 2.24) is 0 Å². The Morgan fingerprint density at radius 2 is 1.67 bits per heavy atom. The van der Waals surface area contributed by atoms with Crippen molar-refractivity contribution in [3.05, 3.63) is 30.3 Å². The summed E-state index contributed by atoms with van der Waals surface area (Å²) >= 11 is 4.88. The van der Waals surface area contributed by atoms with E-state index in [1.165, 1.54) is 24.3 Å². The summed E-state index contributed by atoms with van der Waals surface area (Å²) in [6.07, 6.45) is 0. The lowest BCUT2D eigenvalue weighted by molar-refractivity contribution is 0.274. The third kappa shape index (κ3) is 1.65. The van der Waals surface area contributed by atoms with Gasteiger partial charge in [0.15, 0.2) is 0 Å². The minimum absolute atomic E-state index is 0.0787. The quantitative estimate of drug-likeness (QED) is 0.656. The Labute approximate surface area is 74.9 Å². The Kier molecular flexibility index (Phi) is 2.49. The van der Waals surface area contributed by atoms with Crippen LogP contribution in [-0.4, -0.2) is 13.0 Å². The molecule has 1 aromatic carbocycles. The molecule has 0 aromatic heterocycles. The topological polar surface area (TPSA) is 51.2 Å². The van der Waals surface area contributed by atoms with Crippen molar-refractivity contribution in [2.45, 2.75) is 4.90 Å². The van der Waals surface area contributed by atoms with Crippen LogP contribution in [0.1, 0.15) is 0 Å². The van der Waals surface area contributed by atoms with Gasteiger partial charge in [-0.25, -0.2) is 8.42 Å². The summed E-state index contributed by atoms with van der Waals surface area (Å²) in [4.78, 5) is 10.4. The molecule has 0 aliphatic carbocycles. The van der Waals surface area contributed by atoms with Crippen LogP contribution in [0, 0.1) is 0 Å². The van der Waals surface area contributed by atoms with Gasteiger partial charge in [0.1, 0.15) is 0 Å². The second-order valence-corrected chi connectivity index (χ2v) is 4.47. The van der Waals surface area contributed by atoms with Gasteiger partial charge in [0.2, 0.25) is 0 Å². The highest BCUT2D eigenvalue weighted by Gasteiger charge is 2.21. The van der Waals surface area contributed by atoms with Crippen molar-refractivity contribution in [3.8, 4) is 0 Å². The van der Waals surface area contributed by atoms with Crippen LogP contribution in [0.4, 0.5) is 4.79 Å². The van der Waals surface area contributed by atoms with Crippen molar-refractivity contribution < 1.29 is 13.2 Å². The monoisotopic (exact) mass is 204 g/mol. The second kappa shape index (κ2) is 3.25. The van der Waals surface area contributed by atoms with Gasteiger partial charge in [0.25, 0.3) is 9.84 Å². The van der Waals surface area contributed by atoms with E-state index in [9.17, 15) is 13.2 Å². The van der Waals surface area contributed by atoms with Crippen LogP contribution in [0.5, 0.6) is 0 Å². The van der Waals surface area contributed by atoms with Crippen molar-refractivity contribution in [2.24, 2.45) is 0 Å². The molecule has 0 unspecified atom stereocenters. The fraction of sp³-hybridized carbons (Fsp3) is 0. The van der Waals surface area contributed by atoms with E-state index in [2.05, 4.69) is 0 Å². The van der Waals surface area contributed by atoms with Crippen LogP contribution in [0.25, 0.3) is 0 Å². The van der Waals surface area contributed by atoms with E-state index in [0.29, 0.717) is 0 Å². The number of sulfone groups is 1. The zero-order valence-corrected chi connectivity index (χ0v) is 7.47. The summed E-state index contributed by atoms with van der Waals surface area (Å²) in [7, 11) is -3.95. The molecular weight excluding hydrogens is 200 g/mol. The number of benzene rings is 1. The predicted octanol–water partition coefficient (Wildman–Crippen LogP) is 1.82. The van der Waals surface area contributed by atoms with Crippen LogP contribution in [-0.2, 0) is 9.84 Å². The lowest BCUT2D eigenvalue weighted by Gasteiger charge is -1.95. The highest BCUT2D eigenvalue weighted by molar-refractivity contribution is 8.09. The Balaban J connectivity index is 3.26. The molecule has 0 saturated heterocycles. The molecule has 1 aromatic rings. The molecule has 0 aliphatic rings. The van der Waals surface area contributed by atoms with E-state index >= 15 is 0 Å². The normalized spacial score (nSPS) is 11.1. The van der Waals surface area contributed by atoms with E-state index in [1.54, 1.807) is 6.07 Å². The van der Waals surface area contributed by atoms with Gasteiger partial charge in [0, 0.05) is 0 Å². The van der Waals surface area contributed by atoms with Gasteiger partial charge in [0.05, 0.1) is 4.90 Å². The lowest BCUT2D eigenvalue weighted by Crippen LogP contribution is -2.06. The Hall–Kier alpha value is -0.870. The Morgan fingerprint density at radius 3 is 2.08 bits per heavy atom. The van der Waals surface area contributed by atoms with Crippen LogP contribution in [0.3, 0.4) is 0 Å². The van der Waals surface area contributed by atoms with Crippen LogP contribution in [0.2, 0.25) is 0 Å². The third-order valence-corrected chi connectivity index (χ3v) is 3.19. The van der Waals surface area contributed by atoms with Crippen LogP contribution >= 0.6 is 11.6 Å². The first-order valence-corrected chi connectivity index (χ1v) is 4.91. The summed E-state index contributed by atoms with van der Waals surface area (Å²) in [5.74, 6) is 0. The Morgan fingerprint density at radius 1 is 1.17 bits per heavy atom. The summed E-state index contributed by atoms with van der Waals surface area (Å²) < 4.78 is 20.7. The first kappa shape index (κ1) is 9.22. The molecule has 0 atom stereocenters. The molecule has 0 aliphatic heterocycles. The van der Waals surface area contributed by atoms with Crippen molar-refractivity contribution in [2.75, 3.05) is 0 Å². The van der Waals surface area contributed by atoms with Crippen molar-refractivity contribution in [3.63, 3.8) is 0 Å². The van der Waals surface area contributed by atoms with Gasteiger partial charge in [-0.05, 0) is 23.7 Å². The largest absolute Gasteiger partial charge is 0.341 e. The minimum Gasteiger partial charge on any atom is -0.262 e. The van der Waals surface area contributed by atoms with E-state index in [-0.39, 0.29) is 4.90 Å². The number of carbonyl (C=O) groups is 1. The zero-order valence-electron chi connectivity index (χ0n) is 5.90. The van der Waals surface area contributed by atoms with Gasteiger partial charge in [-0.1, -0.05) is 18.2 Å². The molecule has 0 amide bonds. The maximum atomic E-state index is 11.1. The van der Waals surface area contributed by atoms with Crippen LogP contribution < -0.4 is 0 Å². The molecule has 64 valence electrons. The summed E-state index contributed by atoms with van der Waals surface area (Å²) in [6.45, 7) is 0. The maximum absolute atomic E-state index is 11.1. The molecule has 3 nitrogen and oxygen atoms in total. The number of carbonyl (C=O) groups excluding carboxylic acids is 1. The fourth-order valence-corrected chi connectivity index (χ4v) is 1.66. The predicted molar refractivity (Wildman–Crippen MR) is 44.9 cm³/mol. The molecule has 0 N–H and O–H groups in total. The molecule has 0 spiro atoms. The van der Waals surface area contributed by atoms with E-state index in [1.807, 2.05) is 0 Å². The summed E-state index contributed by atoms with van der Waals surface area (Å²) in [5, 5.41) is 0. The van der Waals surface area contributed by atoms with Gasteiger partial charge < -0.3 is 0 Å². The average Bonchev–Trinajstić information content (AvgIpc) is 2.06. The first-order valence-electron chi connectivity index (χ1n) is 3.05. The Bertz CT molecular complexity index is 382. The van der Waals surface area contributed by atoms with Gasteiger partial charge in [-0.15, -0.1) is 0 Å². The van der Waals surface area contributed by atoms with E-state index in [4.69, 9.17) is 11.6 Å². The summed E-state index contributed by atoms with van der Waals surface area (Å²) in [5.41, 5.74) is 0. The number of hydrogen-bond acceptors (Lipinski definition) is 3. The fourth-order valence-electron chi connectivity index (χ4n) is 0.692. The minimum atomic E-state index is -3.95. The maximum Gasteiger partial charge on any atom is 0.341 e. The molecule has 1 rings (SSSR count). The average molecular weight is 205 g/mol. The van der Waals surface area contributed by atoms with Crippen molar-refractivity contribution in [1.29, 1.82) is 0 Å². The molecule has 0 radical (unpaired) electrons. The van der Waals surface area contributed by atoms with Gasteiger partial charge in [-0.3, -0.25) is 4.79 Å². The zero-order chi connectivity index (χ0) is 9.19. The first-order chi connectivity index (χ1) is 5.55. The van der Waals surface area contributed by atoms with Gasteiger partial charge >= 0.3 is 4.57 Å². The number of hydrogen-bond donors (Lipinski definition) is 0. The third-order valence-electron chi connectivity index (χ3n) is 1.26. The molecule has 5 heteroatoms. The molecule has 0 heterocycles. The smallest absolute Gasteiger partial charge is 0.262 e. The van der Waals surface area contributed by atoms with Crippen LogP contribution in [0.15, 0.2) is 35.2 Å². The standard InChI is InChI=1S/C7H5ClO3S/c8-7(9)12(10,11)6-4-2-1-3-5-6/h1-5H. The van der Waals surface area contributed by atoms with Gasteiger partial charge in [-0.2, -0.15) is 0 Å².